The molecule has 1 fully saturated rings. The van der Waals surface area contributed by atoms with E-state index in [1.807, 2.05) is 44.4 Å². The fourth-order valence-electron chi connectivity index (χ4n) is 7.49. The van der Waals surface area contributed by atoms with Gasteiger partial charge in [-0.1, -0.05) is 102 Å². The average molecular weight is 898 g/mol. The second-order valence-corrected chi connectivity index (χ2v) is 18.0. The van der Waals surface area contributed by atoms with Gasteiger partial charge in [-0.05, 0) is 56.8 Å². The van der Waals surface area contributed by atoms with Gasteiger partial charge in [0.2, 0.25) is 5.60 Å². The van der Waals surface area contributed by atoms with E-state index in [1.165, 1.54) is 23.7 Å². The number of nitrogens with one attached hydrogen (secondary N) is 1. The number of benzene rings is 1. The van der Waals surface area contributed by atoms with E-state index >= 15 is 0 Å². The number of likely N-dealkylation sites (N-methyl/N-ethyl adjacent to an activating group) is 1. The zero-order valence-corrected chi connectivity index (χ0v) is 37.1. The molecule has 1 aliphatic rings. The first-order valence-corrected chi connectivity index (χ1v) is 23.4. The molecule has 1 aromatic carbocycles. The molecule has 6 N–H and O–H groups in total. The topological polar surface area (TPSA) is 210 Å². The van der Waals surface area contributed by atoms with Gasteiger partial charge in [0.25, 0.3) is 0 Å². The number of aliphatic hydroxyl groups is 2. The predicted molar refractivity (Wildman–Crippen MR) is 230 cm³/mol. The van der Waals surface area contributed by atoms with Crippen LogP contribution in [0.3, 0.4) is 0 Å². The van der Waals surface area contributed by atoms with Crippen molar-refractivity contribution >= 4 is 24.8 Å². The SMILES string of the molecule is CN(C)CCNc1cccc(CO[C@@H](CCCCCCCCCCCCCCCCCC(F)(F)F)COP(=O)(O)OC[C@@]2(C#N)O[C@@H](c3ccc4c(N)ncnn34)[C@H](O)[C@@H]2O)c1. The highest BCUT2D eigenvalue weighted by atomic mass is 31.2. The highest BCUT2D eigenvalue weighted by Crippen LogP contribution is 2.48. The molecule has 0 bridgehead atoms. The summed E-state index contributed by atoms with van der Waals surface area (Å²) in [6.07, 6.45) is 6.43. The van der Waals surface area contributed by atoms with Crippen molar-refractivity contribution in [3.63, 3.8) is 0 Å². The molecule has 0 aliphatic carbocycles. The van der Waals surface area contributed by atoms with Gasteiger partial charge in [0.05, 0.1) is 25.0 Å². The van der Waals surface area contributed by atoms with Crippen molar-refractivity contribution in [3.05, 3.63) is 54.0 Å². The number of nitriles is 1. The van der Waals surface area contributed by atoms with Crippen LogP contribution < -0.4 is 11.1 Å². The third-order valence-electron chi connectivity index (χ3n) is 11.1. The van der Waals surface area contributed by atoms with E-state index in [2.05, 4.69) is 20.3 Å². The number of fused-ring (bicyclic) bond motifs is 1. The molecule has 19 heteroatoms. The minimum Gasteiger partial charge on any atom is -0.387 e. The number of rotatable bonds is 31. The lowest BCUT2D eigenvalue weighted by atomic mass is 9.96. The number of nitrogens with zero attached hydrogens (tertiary/aromatic N) is 5. The van der Waals surface area contributed by atoms with Gasteiger partial charge in [-0.3, -0.25) is 9.05 Å². The molecule has 1 saturated heterocycles. The quantitative estimate of drug-likeness (QED) is 0.0304. The highest BCUT2D eigenvalue weighted by Gasteiger charge is 2.57. The van der Waals surface area contributed by atoms with Crippen molar-refractivity contribution in [1.29, 1.82) is 5.26 Å². The first-order valence-electron chi connectivity index (χ1n) is 21.9. The molecule has 2 aromatic heterocycles. The Labute approximate surface area is 363 Å². The molecular formula is C43H67F3N7O8P. The Kier molecular flexibility index (Phi) is 21.3. The molecule has 3 aromatic rings. The summed E-state index contributed by atoms with van der Waals surface area (Å²) in [5.74, 6) is 0.168. The number of alkyl halides is 3. The zero-order valence-electron chi connectivity index (χ0n) is 36.2. The largest absolute Gasteiger partial charge is 0.472 e. The summed E-state index contributed by atoms with van der Waals surface area (Å²) in [5, 5.41) is 39.5. The van der Waals surface area contributed by atoms with Crippen LogP contribution in [0.1, 0.15) is 127 Å². The lowest BCUT2D eigenvalue weighted by Gasteiger charge is -2.26. The molecule has 1 unspecified atom stereocenters. The van der Waals surface area contributed by atoms with Gasteiger partial charge in [-0.2, -0.15) is 23.5 Å². The molecule has 348 valence electrons. The van der Waals surface area contributed by atoms with Crippen LogP contribution in [0, 0.1) is 11.3 Å². The van der Waals surface area contributed by atoms with Crippen LogP contribution in [-0.2, 0) is 29.7 Å². The van der Waals surface area contributed by atoms with Crippen LogP contribution in [0.5, 0.6) is 0 Å². The maximum absolute atomic E-state index is 13.2. The lowest BCUT2D eigenvalue weighted by Crippen LogP contribution is -2.45. The Morgan fingerprint density at radius 3 is 2.23 bits per heavy atom. The van der Waals surface area contributed by atoms with Crippen LogP contribution in [0.2, 0.25) is 0 Å². The highest BCUT2D eigenvalue weighted by molar-refractivity contribution is 7.47. The summed E-state index contributed by atoms with van der Waals surface area (Å²) in [4.78, 5) is 16.8. The number of aliphatic hydroxyl groups excluding tert-OH is 2. The number of nitrogens with two attached hydrogens (primary N) is 1. The molecule has 6 atom stereocenters. The van der Waals surface area contributed by atoms with Crippen molar-refractivity contribution in [3.8, 4) is 6.07 Å². The van der Waals surface area contributed by atoms with E-state index in [0.29, 0.717) is 18.4 Å². The van der Waals surface area contributed by atoms with Crippen molar-refractivity contribution in [2.75, 3.05) is 51.4 Å². The molecule has 0 amide bonds. The third-order valence-corrected chi connectivity index (χ3v) is 12.0. The number of hydrogen-bond donors (Lipinski definition) is 5. The van der Waals surface area contributed by atoms with E-state index in [4.69, 9.17) is 24.3 Å². The first kappa shape index (κ1) is 51.3. The predicted octanol–water partition coefficient (Wildman–Crippen LogP) is 8.25. The van der Waals surface area contributed by atoms with E-state index in [-0.39, 0.29) is 31.1 Å². The Morgan fingerprint density at radius 1 is 0.984 bits per heavy atom. The van der Waals surface area contributed by atoms with Gasteiger partial charge in [0.15, 0.2) is 5.82 Å². The molecule has 3 heterocycles. The Morgan fingerprint density at radius 2 is 1.61 bits per heavy atom. The fourth-order valence-corrected chi connectivity index (χ4v) is 8.27. The third kappa shape index (κ3) is 17.3. The number of phosphoric acid groups is 1. The van der Waals surface area contributed by atoms with Gasteiger partial charge in [-0.25, -0.2) is 14.1 Å². The summed E-state index contributed by atoms with van der Waals surface area (Å²) in [7, 11) is -0.815. The van der Waals surface area contributed by atoms with Crippen LogP contribution in [0.15, 0.2) is 42.7 Å². The van der Waals surface area contributed by atoms with E-state index < -0.39 is 57.0 Å². The van der Waals surface area contributed by atoms with Gasteiger partial charge < -0.3 is 40.5 Å². The zero-order chi connectivity index (χ0) is 45.0. The number of phosphoric ester groups is 1. The number of anilines is 2. The van der Waals surface area contributed by atoms with E-state index in [0.717, 1.165) is 95.0 Å². The number of unbranched alkanes of at least 4 members (excludes halogenated alkanes) is 14. The first-order chi connectivity index (χ1) is 29.6. The molecule has 62 heavy (non-hydrogen) atoms. The summed E-state index contributed by atoms with van der Waals surface area (Å²) >= 11 is 0. The van der Waals surface area contributed by atoms with Crippen LogP contribution in [0.25, 0.3) is 5.52 Å². The maximum Gasteiger partial charge on any atom is 0.472 e. The number of nitrogen functional groups attached to an aromatic ring is 1. The standard InChI is InChI=1S/C43H67F3N7O8P/c1-52(2)26-25-49-34-20-18-19-33(27-34)28-58-35(21-16-14-12-10-8-6-4-3-5-7-9-11-13-15-17-24-43(44,45)46)29-59-62(56,57)60-31-42(30-47)40(55)38(54)39(61-42)36-22-23-37-41(48)50-32-51-53(36)37/h18-20,22-23,27,32,35,38-40,49,54-55H,3-17,21,24-26,28-29,31H2,1-2H3,(H,56,57)(H2,48,50,51)/t35-,38-,39-,40-,42+/m0/s1. The molecule has 0 saturated carbocycles. The molecule has 15 nitrogen and oxygen atoms in total. The molecule has 4 rings (SSSR count). The summed E-state index contributed by atoms with van der Waals surface area (Å²) in [5.41, 5.74) is 6.26. The van der Waals surface area contributed by atoms with Gasteiger partial charge in [0, 0.05) is 25.2 Å². The van der Waals surface area contributed by atoms with E-state index in [1.54, 1.807) is 12.1 Å². The molecule has 1 aliphatic heterocycles. The number of ether oxygens (including phenoxy) is 2. The molecule has 0 spiro atoms. The smallest absolute Gasteiger partial charge is 0.387 e. The number of halogens is 3. The summed E-state index contributed by atoms with van der Waals surface area (Å²) < 4.78 is 74.1. The minimum atomic E-state index is -4.83. The van der Waals surface area contributed by atoms with Gasteiger partial charge >= 0.3 is 14.0 Å². The molecular weight excluding hydrogens is 830 g/mol. The second kappa shape index (κ2) is 25.8. The maximum atomic E-state index is 13.2. The fraction of sp³-hybridized carbons (Fsp3) is 0.698. The Bertz CT molecular complexity index is 1850. The van der Waals surface area contributed by atoms with Gasteiger partial charge in [0.1, 0.15) is 42.8 Å². The Balaban J connectivity index is 1.22. The normalized spacial score (nSPS) is 20.7. The lowest BCUT2D eigenvalue weighted by molar-refractivity contribution is -0.135. The monoisotopic (exact) mass is 897 g/mol. The van der Waals surface area contributed by atoms with E-state index in [9.17, 15) is 38.1 Å². The van der Waals surface area contributed by atoms with Crippen molar-refractivity contribution in [2.24, 2.45) is 0 Å². The summed E-state index contributed by atoms with van der Waals surface area (Å²) in [6, 6.07) is 12.8. The second-order valence-electron chi connectivity index (χ2n) is 16.5. The average Bonchev–Trinajstić information content (AvgIpc) is 3.77. The van der Waals surface area contributed by atoms with Gasteiger partial charge in [-0.15, -0.1) is 0 Å². The number of hydrogen-bond acceptors (Lipinski definition) is 13. The Hall–Kier alpha value is -3.37. The van der Waals surface area contributed by atoms with Crippen LogP contribution in [0.4, 0.5) is 24.7 Å². The van der Waals surface area contributed by atoms with Crippen LogP contribution in [-0.4, -0.2) is 105 Å². The van der Waals surface area contributed by atoms with Crippen molar-refractivity contribution < 1.29 is 51.4 Å². The number of aromatic nitrogens is 3. The minimum absolute atomic E-state index is 0.168. The van der Waals surface area contributed by atoms with Crippen LogP contribution >= 0.6 is 7.82 Å². The van der Waals surface area contributed by atoms with Crippen molar-refractivity contribution in [1.82, 2.24) is 19.5 Å². The summed E-state index contributed by atoms with van der Waals surface area (Å²) in [6.45, 7) is 0.700. The molecule has 0 radical (unpaired) electrons. The van der Waals surface area contributed by atoms with Crippen molar-refractivity contribution in [2.45, 2.75) is 152 Å².